The molecule has 0 saturated heterocycles. The summed E-state index contributed by atoms with van der Waals surface area (Å²) in [4.78, 5) is 16.1. The van der Waals surface area contributed by atoms with Crippen LogP contribution in [-0.2, 0) is 4.79 Å². The van der Waals surface area contributed by atoms with Gasteiger partial charge >= 0.3 is 0 Å². The Bertz CT molecular complexity index is 427. The van der Waals surface area contributed by atoms with E-state index < -0.39 is 6.04 Å². The van der Waals surface area contributed by atoms with Gasteiger partial charge in [0.2, 0.25) is 5.91 Å². The molecule has 19 heavy (non-hydrogen) atoms. The van der Waals surface area contributed by atoms with Crippen molar-refractivity contribution in [2.45, 2.75) is 51.5 Å². The first-order valence-electron chi connectivity index (χ1n) is 7.14. The molecule has 3 N–H and O–H groups in total. The maximum Gasteiger partial charge on any atom is 0.241 e. The van der Waals surface area contributed by atoms with Gasteiger partial charge in [0.25, 0.3) is 0 Å². The van der Waals surface area contributed by atoms with Crippen LogP contribution < -0.4 is 11.1 Å². The van der Waals surface area contributed by atoms with Gasteiger partial charge in [-0.25, -0.2) is 0 Å². The van der Waals surface area contributed by atoms with Crippen LogP contribution in [0.5, 0.6) is 0 Å². The maximum absolute atomic E-state index is 12.0. The standard InChI is InChI=1S/C15H23N3O/c1-11-9-13(7-8-17-11)18-15(19)14(16)10-12-5-3-2-4-6-12/h7-9,12,14H,2-6,10,16H2,1H3,(H,17,18,19). The molecule has 1 fully saturated rings. The SMILES string of the molecule is Cc1cc(NC(=O)C(N)CC2CCCCC2)ccn1. The number of nitrogens with one attached hydrogen (secondary N) is 1. The summed E-state index contributed by atoms with van der Waals surface area (Å²) < 4.78 is 0. The van der Waals surface area contributed by atoms with E-state index in [1.165, 1.54) is 32.1 Å². The molecule has 4 heteroatoms. The minimum absolute atomic E-state index is 0.0869. The summed E-state index contributed by atoms with van der Waals surface area (Å²) in [5.74, 6) is 0.532. The fourth-order valence-corrected chi connectivity index (χ4v) is 2.75. The molecule has 0 spiro atoms. The molecule has 4 nitrogen and oxygen atoms in total. The molecular weight excluding hydrogens is 238 g/mol. The van der Waals surface area contributed by atoms with E-state index in [0.717, 1.165) is 17.8 Å². The fourth-order valence-electron chi connectivity index (χ4n) is 2.75. The van der Waals surface area contributed by atoms with E-state index in [9.17, 15) is 4.79 Å². The van der Waals surface area contributed by atoms with Gasteiger partial charge in [0.05, 0.1) is 6.04 Å². The molecule has 1 aromatic heterocycles. The van der Waals surface area contributed by atoms with E-state index in [1.54, 1.807) is 12.3 Å². The molecule has 0 aliphatic heterocycles. The largest absolute Gasteiger partial charge is 0.325 e. The second-order valence-corrected chi connectivity index (χ2v) is 5.52. The lowest BCUT2D eigenvalue weighted by Gasteiger charge is -2.24. The predicted molar refractivity (Wildman–Crippen MR) is 76.8 cm³/mol. The molecule has 1 saturated carbocycles. The molecular formula is C15H23N3O. The Morgan fingerprint density at radius 3 is 2.89 bits per heavy atom. The number of rotatable bonds is 4. The molecule has 1 aliphatic rings. The van der Waals surface area contributed by atoms with E-state index in [1.807, 2.05) is 13.0 Å². The van der Waals surface area contributed by atoms with Crippen molar-refractivity contribution in [2.24, 2.45) is 11.7 Å². The number of amides is 1. The highest BCUT2D eigenvalue weighted by molar-refractivity contribution is 5.94. The average Bonchev–Trinajstić information content (AvgIpc) is 2.40. The molecule has 1 amide bonds. The van der Waals surface area contributed by atoms with E-state index in [-0.39, 0.29) is 5.91 Å². The molecule has 0 aromatic carbocycles. The van der Waals surface area contributed by atoms with Gasteiger partial charge in [-0.3, -0.25) is 9.78 Å². The van der Waals surface area contributed by atoms with Crippen LogP contribution >= 0.6 is 0 Å². The van der Waals surface area contributed by atoms with Crippen molar-refractivity contribution < 1.29 is 4.79 Å². The quantitative estimate of drug-likeness (QED) is 0.875. The van der Waals surface area contributed by atoms with Crippen LogP contribution in [-0.4, -0.2) is 16.9 Å². The summed E-state index contributed by atoms with van der Waals surface area (Å²) in [6, 6.07) is 3.24. The lowest BCUT2D eigenvalue weighted by molar-refractivity contribution is -0.117. The lowest BCUT2D eigenvalue weighted by Crippen LogP contribution is -2.37. The zero-order chi connectivity index (χ0) is 13.7. The number of nitrogens with zero attached hydrogens (tertiary/aromatic N) is 1. The average molecular weight is 261 g/mol. The molecule has 2 rings (SSSR count). The minimum atomic E-state index is -0.406. The van der Waals surface area contributed by atoms with Gasteiger partial charge in [-0.05, 0) is 31.4 Å². The summed E-state index contributed by atoms with van der Waals surface area (Å²) in [6.45, 7) is 1.90. The number of aromatic nitrogens is 1. The van der Waals surface area contributed by atoms with Crippen LogP contribution in [0.1, 0.15) is 44.2 Å². The van der Waals surface area contributed by atoms with E-state index in [2.05, 4.69) is 10.3 Å². The zero-order valence-corrected chi connectivity index (χ0v) is 11.6. The third kappa shape index (κ3) is 4.31. The van der Waals surface area contributed by atoms with Crippen molar-refractivity contribution in [1.82, 2.24) is 4.98 Å². The minimum Gasteiger partial charge on any atom is -0.325 e. The van der Waals surface area contributed by atoms with Crippen molar-refractivity contribution >= 4 is 11.6 Å². The summed E-state index contributed by atoms with van der Waals surface area (Å²) >= 11 is 0. The van der Waals surface area contributed by atoms with Crippen molar-refractivity contribution in [2.75, 3.05) is 5.32 Å². The van der Waals surface area contributed by atoms with Crippen molar-refractivity contribution in [1.29, 1.82) is 0 Å². The topological polar surface area (TPSA) is 68.0 Å². The van der Waals surface area contributed by atoms with Gasteiger partial charge in [0, 0.05) is 17.6 Å². The Labute approximate surface area is 114 Å². The second kappa shape index (κ2) is 6.66. The van der Waals surface area contributed by atoms with Gasteiger partial charge in [0.1, 0.15) is 0 Å². The van der Waals surface area contributed by atoms with Crippen molar-refractivity contribution in [3.8, 4) is 0 Å². The van der Waals surface area contributed by atoms with E-state index in [0.29, 0.717) is 5.92 Å². The van der Waals surface area contributed by atoms with Crippen LogP contribution in [0.4, 0.5) is 5.69 Å². The smallest absolute Gasteiger partial charge is 0.241 e. The van der Waals surface area contributed by atoms with Crippen molar-refractivity contribution in [3.63, 3.8) is 0 Å². The van der Waals surface area contributed by atoms with Gasteiger partial charge in [-0.1, -0.05) is 32.1 Å². The normalized spacial score (nSPS) is 18.0. The molecule has 1 heterocycles. The maximum atomic E-state index is 12.0. The highest BCUT2D eigenvalue weighted by Crippen LogP contribution is 2.27. The van der Waals surface area contributed by atoms with Gasteiger partial charge in [0.15, 0.2) is 0 Å². The third-order valence-corrected chi connectivity index (χ3v) is 3.81. The number of carbonyl (C=O) groups excluding carboxylic acids is 1. The highest BCUT2D eigenvalue weighted by atomic mass is 16.2. The van der Waals surface area contributed by atoms with E-state index in [4.69, 9.17) is 5.73 Å². The Kier molecular flexibility index (Phi) is 4.91. The van der Waals surface area contributed by atoms with Crippen LogP contribution in [0.15, 0.2) is 18.3 Å². The summed E-state index contributed by atoms with van der Waals surface area (Å²) in [7, 11) is 0. The van der Waals surface area contributed by atoms with Crippen LogP contribution in [0.25, 0.3) is 0 Å². The zero-order valence-electron chi connectivity index (χ0n) is 11.6. The van der Waals surface area contributed by atoms with Gasteiger partial charge in [-0.2, -0.15) is 0 Å². The first kappa shape index (κ1) is 14.0. The molecule has 1 atom stereocenters. The summed E-state index contributed by atoms with van der Waals surface area (Å²) in [5.41, 5.74) is 7.67. The fraction of sp³-hybridized carbons (Fsp3) is 0.600. The number of hydrogen-bond donors (Lipinski definition) is 2. The monoisotopic (exact) mass is 261 g/mol. The Morgan fingerprint density at radius 2 is 2.21 bits per heavy atom. The molecule has 1 unspecified atom stereocenters. The second-order valence-electron chi connectivity index (χ2n) is 5.52. The number of anilines is 1. The summed E-state index contributed by atoms with van der Waals surface area (Å²) in [5, 5.41) is 2.87. The number of pyridine rings is 1. The molecule has 0 radical (unpaired) electrons. The predicted octanol–water partition coefficient (Wildman–Crippen LogP) is 2.63. The third-order valence-electron chi connectivity index (χ3n) is 3.81. The van der Waals surface area contributed by atoms with Crippen LogP contribution in [0.2, 0.25) is 0 Å². The number of carbonyl (C=O) groups is 1. The van der Waals surface area contributed by atoms with Crippen molar-refractivity contribution in [3.05, 3.63) is 24.0 Å². The van der Waals surface area contributed by atoms with Crippen LogP contribution in [0.3, 0.4) is 0 Å². The number of hydrogen-bond acceptors (Lipinski definition) is 3. The summed E-state index contributed by atoms with van der Waals surface area (Å²) in [6.07, 6.45) is 8.82. The lowest BCUT2D eigenvalue weighted by atomic mass is 9.85. The Morgan fingerprint density at radius 1 is 1.47 bits per heavy atom. The molecule has 1 aromatic rings. The number of aryl methyl sites for hydroxylation is 1. The first-order valence-corrected chi connectivity index (χ1v) is 7.14. The molecule has 0 bridgehead atoms. The van der Waals surface area contributed by atoms with E-state index >= 15 is 0 Å². The molecule has 1 aliphatic carbocycles. The van der Waals surface area contributed by atoms with Gasteiger partial charge in [-0.15, -0.1) is 0 Å². The number of nitrogens with two attached hydrogens (primary N) is 1. The highest BCUT2D eigenvalue weighted by Gasteiger charge is 2.21. The molecule has 104 valence electrons. The Balaban J connectivity index is 1.84. The Hall–Kier alpha value is -1.42. The van der Waals surface area contributed by atoms with Gasteiger partial charge < -0.3 is 11.1 Å². The van der Waals surface area contributed by atoms with Crippen LogP contribution in [0, 0.1) is 12.8 Å². The first-order chi connectivity index (χ1) is 9.15.